The van der Waals surface area contributed by atoms with Crippen molar-refractivity contribution in [1.82, 2.24) is 14.8 Å². The maximum absolute atomic E-state index is 13.3. The first-order valence-electron chi connectivity index (χ1n) is 11.1. The van der Waals surface area contributed by atoms with Gasteiger partial charge in [-0.15, -0.1) is 0 Å². The van der Waals surface area contributed by atoms with Crippen LogP contribution >= 0.6 is 11.6 Å². The van der Waals surface area contributed by atoms with Gasteiger partial charge < -0.3 is 14.8 Å². The molecular weight excluding hydrogens is 464 g/mol. The van der Waals surface area contributed by atoms with E-state index in [1.807, 2.05) is 85.8 Å². The number of carbonyl (C=O) groups excluding carboxylic acids is 1. The fraction of sp³-hybridized carbons (Fsp3) is 0.148. The summed E-state index contributed by atoms with van der Waals surface area (Å²) in [7, 11) is 0. The zero-order chi connectivity index (χ0) is 24.2. The van der Waals surface area contributed by atoms with Gasteiger partial charge in [0.1, 0.15) is 31.3 Å². The van der Waals surface area contributed by atoms with E-state index in [-0.39, 0.29) is 6.61 Å². The minimum Gasteiger partial charge on any atom is -0.489 e. The summed E-state index contributed by atoms with van der Waals surface area (Å²) >= 11 is 5.97. The lowest BCUT2D eigenvalue weighted by Gasteiger charge is -2.28. The molecule has 35 heavy (non-hydrogen) atoms. The van der Waals surface area contributed by atoms with Crippen LogP contribution in [0.15, 0.2) is 96.5 Å². The van der Waals surface area contributed by atoms with Crippen LogP contribution in [-0.4, -0.2) is 20.7 Å². The van der Waals surface area contributed by atoms with E-state index in [2.05, 4.69) is 15.4 Å². The topological polar surface area (TPSA) is 78.3 Å². The van der Waals surface area contributed by atoms with E-state index < -0.39 is 12.0 Å². The first-order valence-corrected chi connectivity index (χ1v) is 11.5. The molecule has 2 heterocycles. The summed E-state index contributed by atoms with van der Waals surface area (Å²) in [5.41, 5.74) is 3.88. The molecule has 0 aliphatic carbocycles. The molecule has 1 aliphatic rings. The molecule has 0 radical (unpaired) electrons. The number of benzene rings is 3. The zero-order valence-electron chi connectivity index (χ0n) is 19.0. The predicted molar refractivity (Wildman–Crippen MR) is 133 cm³/mol. The molecule has 0 saturated carbocycles. The lowest BCUT2D eigenvalue weighted by atomic mass is 9.95. The van der Waals surface area contributed by atoms with E-state index in [1.165, 1.54) is 6.33 Å². The Labute approximate surface area is 208 Å². The van der Waals surface area contributed by atoms with E-state index in [0.29, 0.717) is 34.6 Å². The molecular formula is C27H23ClN4O3. The molecule has 1 aliphatic heterocycles. The Morgan fingerprint density at radius 3 is 2.57 bits per heavy atom. The Hall–Kier alpha value is -4.10. The molecule has 4 aromatic rings. The SMILES string of the molecule is CC1=C(C(=O)OCc2ccccc2)C(c2cccc(OCc3ccc(Cl)cc3)c2)n2ncnc2N1. The lowest BCUT2D eigenvalue weighted by Crippen LogP contribution is -2.29. The van der Waals surface area contributed by atoms with Gasteiger partial charge in [-0.25, -0.2) is 9.48 Å². The second-order valence-electron chi connectivity index (χ2n) is 8.14. The van der Waals surface area contributed by atoms with E-state index in [1.54, 1.807) is 4.68 Å². The monoisotopic (exact) mass is 486 g/mol. The predicted octanol–water partition coefficient (Wildman–Crippen LogP) is 5.54. The maximum atomic E-state index is 13.3. The number of carbonyl (C=O) groups is 1. The molecule has 3 aromatic carbocycles. The molecule has 1 N–H and O–H groups in total. The average Bonchev–Trinajstić information content (AvgIpc) is 3.35. The Morgan fingerprint density at radius 1 is 1.00 bits per heavy atom. The van der Waals surface area contributed by atoms with E-state index >= 15 is 0 Å². The van der Waals surface area contributed by atoms with Gasteiger partial charge in [0.15, 0.2) is 0 Å². The number of fused-ring (bicyclic) bond motifs is 1. The summed E-state index contributed by atoms with van der Waals surface area (Å²) < 4.78 is 13.4. The number of anilines is 1. The molecule has 0 spiro atoms. The van der Waals surface area contributed by atoms with Crippen LogP contribution in [-0.2, 0) is 22.7 Å². The summed E-state index contributed by atoms with van der Waals surface area (Å²) in [6, 6.07) is 24.2. The van der Waals surface area contributed by atoms with E-state index in [9.17, 15) is 4.79 Å². The second kappa shape index (κ2) is 10.0. The van der Waals surface area contributed by atoms with Gasteiger partial charge in [0, 0.05) is 10.7 Å². The van der Waals surface area contributed by atoms with Crippen molar-refractivity contribution < 1.29 is 14.3 Å². The molecule has 1 unspecified atom stereocenters. The number of esters is 1. The third kappa shape index (κ3) is 5.05. The Balaban J connectivity index is 1.41. The summed E-state index contributed by atoms with van der Waals surface area (Å²) in [4.78, 5) is 17.6. The highest BCUT2D eigenvalue weighted by atomic mass is 35.5. The normalized spacial score (nSPS) is 14.7. The van der Waals surface area contributed by atoms with Gasteiger partial charge in [-0.2, -0.15) is 10.1 Å². The molecule has 7 nitrogen and oxygen atoms in total. The minimum absolute atomic E-state index is 0.178. The largest absolute Gasteiger partial charge is 0.489 e. The van der Waals surface area contributed by atoms with Crippen LogP contribution in [0.2, 0.25) is 5.02 Å². The van der Waals surface area contributed by atoms with Crippen molar-refractivity contribution in [2.24, 2.45) is 0 Å². The molecule has 0 saturated heterocycles. The Kier molecular flexibility index (Phi) is 6.50. The number of hydrogen-bond acceptors (Lipinski definition) is 6. The van der Waals surface area contributed by atoms with Crippen LogP contribution in [0.5, 0.6) is 5.75 Å². The number of halogens is 1. The van der Waals surface area contributed by atoms with Gasteiger partial charge in [0.25, 0.3) is 0 Å². The van der Waals surface area contributed by atoms with Crippen molar-refractivity contribution in [3.05, 3.63) is 118 Å². The quantitative estimate of drug-likeness (QED) is 0.345. The van der Waals surface area contributed by atoms with E-state index in [4.69, 9.17) is 21.1 Å². The molecule has 0 bridgehead atoms. The van der Waals surface area contributed by atoms with Crippen molar-refractivity contribution in [3.63, 3.8) is 0 Å². The third-order valence-corrected chi connectivity index (χ3v) is 5.97. The van der Waals surface area contributed by atoms with Gasteiger partial charge >= 0.3 is 5.97 Å². The maximum Gasteiger partial charge on any atom is 0.338 e. The van der Waals surface area contributed by atoms with Crippen LogP contribution in [0.4, 0.5) is 5.95 Å². The molecule has 8 heteroatoms. The highest BCUT2D eigenvalue weighted by Gasteiger charge is 2.34. The summed E-state index contributed by atoms with van der Waals surface area (Å²) in [6.45, 7) is 2.41. The highest BCUT2D eigenvalue weighted by molar-refractivity contribution is 6.30. The van der Waals surface area contributed by atoms with Crippen molar-refractivity contribution >= 4 is 23.5 Å². The van der Waals surface area contributed by atoms with Crippen LogP contribution in [0.3, 0.4) is 0 Å². The smallest absolute Gasteiger partial charge is 0.338 e. The number of hydrogen-bond donors (Lipinski definition) is 1. The van der Waals surface area contributed by atoms with Gasteiger partial charge in [0.2, 0.25) is 5.95 Å². The molecule has 1 aromatic heterocycles. The average molecular weight is 487 g/mol. The van der Waals surface area contributed by atoms with Gasteiger partial charge in [-0.3, -0.25) is 0 Å². The molecule has 0 amide bonds. The fourth-order valence-corrected chi connectivity index (χ4v) is 4.11. The number of aromatic nitrogens is 3. The number of allylic oxidation sites excluding steroid dienone is 1. The first-order chi connectivity index (χ1) is 17.1. The van der Waals surface area contributed by atoms with Gasteiger partial charge in [-0.05, 0) is 47.9 Å². The number of nitrogens with zero attached hydrogens (tertiary/aromatic N) is 3. The third-order valence-electron chi connectivity index (χ3n) is 5.72. The summed E-state index contributed by atoms with van der Waals surface area (Å²) in [6.07, 6.45) is 1.46. The van der Waals surface area contributed by atoms with Crippen molar-refractivity contribution in [3.8, 4) is 5.75 Å². The van der Waals surface area contributed by atoms with E-state index in [0.717, 1.165) is 16.7 Å². The van der Waals surface area contributed by atoms with Gasteiger partial charge in [0.05, 0.1) is 5.57 Å². The fourth-order valence-electron chi connectivity index (χ4n) is 3.99. The Morgan fingerprint density at radius 2 is 1.77 bits per heavy atom. The van der Waals surface area contributed by atoms with Crippen LogP contribution < -0.4 is 10.1 Å². The standard InChI is InChI=1S/C27H23ClN4O3/c1-18-24(26(33)35-16-19-6-3-2-4-7-19)25(32-27(31-18)29-17-30-32)21-8-5-9-23(14-21)34-15-20-10-12-22(28)13-11-20/h2-14,17,25H,15-16H2,1H3,(H,29,30,31). The Bertz CT molecular complexity index is 1370. The zero-order valence-corrected chi connectivity index (χ0v) is 19.8. The highest BCUT2D eigenvalue weighted by Crippen LogP contribution is 2.36. The van der Waals surface area contributed by atoms with Crippen LogP contribution in [0.1, 0.15) is 29.7 Å². The molecule has 176 valence electrons. The number of ether oxygens (including phenoxy) is 2. The second-order valence-corrected chi connectivity index (χ2v) is 8.58. The number of rotatable bonds is 7. The lowest BCUT2D eigenvalue weighted by molar-refractivity contribution is -0.140. The first kappa shape index (κ1) is 22.7. The summed E-state index contributed by atoms with van der Waals surface area (Å²) in [5, 5.41) is 8.22. The van der Waals surface area contributed by atoms with Crippen LogP contribution in [0.25, 0.3) is 0 Å². The number of nitrogens with one attached hydrogen (secondary N) is 1. The summed E-state index contributed by atoms with van der Waals surface area (Å²) in [5.74, 6) is 0.810. The van der Waals surface area contributed by atoms with Crippen molar-refractivity contribution in [2.75, 3.05) is 5.32 Å². The van der Waals surface area contributed by atoms with Crippen molar-refractivity contribution in [2.45, 2.75) is 26.2 Å². The molecule has 0 fully saturated rings. The van der Waals surface area contributed by atoms with Crippen molar-refractivity contribution in [1.29, 1.82) is 0 Å². The minimum atomic E-state index is -0.517. The molecule has 5 rings (SSSR count). The molecule has 1 atom stereocenters. The van der Waals surface area contributed by atoms with Crippen LogP contribution in [0, 0.1) is 0 Å². The van der Waals surface area contributed by atoms with Gasteiger partial charge in [-0.1, -0.05) is 66.2 Å².